The van der Waals surface area contributed by atoms with Crippen molar-refractivity contribution >= 4 is 0 Å². The number of hydrogen-bond acceptors (Lipinski definition) is 5. The third kappa shape index (κ3) is 6.17. The first-order valence-corrected chi connectivity index (χ1v) is 10.8. The van der Waals surface area contributed by atoms with Crippen molar-refractivity contribution < 1.29 is 14.6 Å². The van der Waals surface area contributed by atoms with E-state index in [1.165, 1.54) is 5.56 Å². The van der Waals surface area contributed by atoms with Gasteiger partial charge in [-0.05, 0) is 44.5 Å². The molecule has 0 aliphatic rings. The Bertz CT molecular complexity index is 939. The molecule has 1 atom stereocenters. The number of nitrogens with zero attached hydrogens (tertiary/aromatic N) is 3. The third-order valence-corrected chi connectivity index (χ3v) is 5.31. The Labute approximate surface area is 185 Å². The maximum absolute atomic E-state index is 10.3. The molecule has 0 saturated heterocycles. The number of benzene rings is 2. The Kier molecular flexibility index (Phi) is 8.23. The highest BCUT2D eigenvalue weighted by Crippen LogP contribution is 2.31. The summed E-state index contributed by atoms with van der Waals surface area (Å²) < 4.78 is 13.5. The minimum atomic E-state index is -0.386. The molecule has 0 radical (unpaired) electrons. The van der Waals surface area contributed by atoms with E-state index in [1.54, 1.807) is 7.11 Å². The highest BCUT2D eigenvalue weighted by molar-refractivity contribution is 5.43. The Hall–Kier alpha value is -2.67. The lowest BCUT2D eigenvalue weighted by Gasteiger charge is -2.24. The van der Waals surface area contributed by atoms with E-state index in [0.717, 1.165) is 22.7 Å². The molecular formula is C25H33N3O3. The lowest BCUT2D eigenvalue weighted by molar-refractivity contribution is 0.0825. The summed E-state index contributed by atoms with van der Waals surface area (Å²) in [6, 6.07) is 18.0. The van der Waals surface area contributed by atoms with Crippen LogP contribution in [-0.2, 0) is 11.3 Å². The summed E-state index contributed by atoms with van der Waals surface area (Å²) in [6.07, 6.45) is 0.321. The second-order valence-electron chi connectivity index (χ2n) is 7.82. The average molecular weight is 424 g/mol. The SMILES string of the molecule is CC[C@H](O)CN(CCOC)Cc1c(C)nn(-c2ccccc2)c1Oc1ccc(C)cc1. The number of rotatable bonds is 11. The van der Waals surface area contributed by atoms with Gasteiger partial charge in [0.25, 0.3) is 0 Å². The fourth-order valence-corrected chi connectivity index (χ4v) is 3.39. The molecule has 6 nitrogen and oxygen atoms in total. The Morgan fingerprint density at radius 1 is 1.06 bits per heavy atom. The quantitative estimate of drug-likeness (QED) is 0.492. The van der Waals surface area contributed by atoms with Gasteiger partial charge in [-0.3, -0.25) is 4.90 Å². The van der Waals surface area contributed by atoms with Crippen LogP contribution >= 0.6 is 0 Å². The van der Waals surface area contributed by atoms with Gasteiger partial charge in [-0.15, -0.1) is 0 Å². The van der Waals surface area contributed by atoms with Gasteiger partial charge in [-0.25, -0.2) is 4.68 Å². The summed E-state index contributed by atoms with van der Waals surface area (Å²) in [5.41, 5.74) is 4.03. The lowest BCUT2D eigenvalue weighted by Crippen LogP contribution is -2.34. The van der Waals surface area contributed by atoms with Crippen LogP contribution in [0.2, 0.25) is 0 Å². The van der Waals surface area contributed by atoms with Crippen LogP contribution in [0.15, 0.2) is 54.6 Å². The van der Waals surface area contributed by atoms with Crippen molar-refractivity contribution in [2.75, 3.05) is 26.8 Å². The molecule has 6 heteroatoms. The van der Waals surface area contributed by atoms with E-state index in [1.807, 2.05) is 73.1 Å². The van der Waals surface area contributed by atoms with E-state index in [2.05, 4.69) is 11.8 Å². The summed E-state index contributed by atoms with van der Waals surface area (Å²) in [7, 11) is 1.69. The standard InChI is InChI=1S/C25H33N3O3/c1-5-22(29)17-27(15-16-30-4)18-24-20(3)26-28(21-9-7-6-8-10-21)25(24)31-23-13-11-19(2)12-14-23/h6-14,22,29H,5,15-18H2,1-4H3/t22-/m0/s1. The molecule has 1 N–H and O–H groups in total. The average Bonchev–Trinajstić information content (AvgIpc) is 3.09. The number of methoxy groups -OCH3 is 1. The molecular weight excluding hydrogens is 390 g/mol. The number of aliphatic hydroxyl groups excluding tert-OH is 1. The molecule has 3 rings (SSSR count). The number of ether oxygens (including phenoxy) is 2. The minimum Gasteiger partial charge on any atom is -0.439 e. The van der Waals surface area contributed by atoms with Crippen molar-refractivity contribution in [1.82, 2.24) is 14.7 Å². The molecule has 0 saturated carbocycles. The van der Waals surface area contributed by atoms with Gasteiger partial charge >= 0.3 is 0 Å². The molecule has 0 fully saturated rings. The number of aliphatic hydroxyl groups is 1. The fourth-order valence-electron chi connectivity index (χ4n) is 3.39. The zero-order chi connectivity index (χ0) is 22.2. The Morgan fingerprint density at radius 3 is 2.42 bits per heavy atom. The predicted molar refractivity (Wildman–Crippen MR) is 123 cm³/mol. The van der Waals surface area contributed by atoms with Crippen LogP contribution in [-0.4, -0.2) is 52.7 Å². The van der Waals surface area contributed by atoms with Crippen LogP contribution in [0.1, 0.15) is 30.2 Å². The zero-order valence-corrected chi connectivity index (χ0v) is 18.9. The predicted octanol–water partition coefficient (Wildman–Crippen LogP) is 4.50. The molecule has 3 aromatic rings. The number of aryl methyl sites for hydroxylation is 2. The summed E-state index contributed by atoms with van der Waals surface area (Å²) in [6.45, 7) is 8.54. The monoisotopic (exact) mass is 423 g/mol. The molecule has 31 heavy (non-hydrogen) atoms. The maximum atomic E-state index is 10.3. The van der Waals surface area contributed by atoms with E-state index in [9.17, 15) is 5.11 Å². The molecule has 1 aromatic heterocycles. The van der Waals surface area contributed by atoms with E-state index < -0.39 is 0 Å². The third-order valence-electron chi connectivity index (χ3n) is 5.31. The lowest BCUT2D eigenvalue weighted by atomic mass is 10.2. The minimum absolute atomic E-state index is 0.386. The normalized spacial score (nSPS) is 12.3. The van der Waals surface area contributed by atoms with Crippen molar-refractivity contribution in [2.45, 2.75) is 39.8 Å². The van der Waals surface area contributed by atoms with E-state index in [-0.39, 0.29) is 6.10 Å². The van der Waals surface area contributed by atoms with Crippen LogP contribution in [0, 0.1) is 13.8 Å². The van der Waals surface area contributed by atoms with Gasteiger partial charge in [-0.1, -0.05) is 42.8 Å². The van der Waals surface area contributed by atoms with Gasteiger partial charge in [0.15, 0.2) is 0 Å². The summed E-state index contributed by atoms with van der Waals surface area (Å²) >= 11 is 0. The van der Waals surface area contributed by atoms with Crippen molar-refractivity contribution in [3.63, 3.8) is 0 Å². The van der Waals surface area contributed by atoms with E-state index in [0.29, 0.717) is 38.5 Å². The van der Waals surface area contributed by atoms with E-state index >= 15 is 0 Å². The maximum Gasteiger partial charge on any atom is 0.227 e. The first-order valence-electron chi connectivity index (χ1n) is 10.8. The molecule has 166 valence electrons. The van der Waals surface area contributed by atoms with Crippen LogP contribution in [0.25, 0.3) is 5.69 Å². The molecule has 2 aromatic carbocycles. The molecule has 1 heterocycles. The van der Waals surface area contributed by atoms with Crippen LogP contribution in [0.4, 0.5) is 0 Å². The second kappa shape index (κ2) is 11.1. The Balaban J connectivity index is 1.99. The van der Waals surface area contributed by atoms with Crippen molar-refractivity contribution in [1.29, 1.82) is 0 Å². The largest absolute Gasteiger partial charge is 0.439 e. The van der Waals surface area contributed by atoms with E-state index in [4.69, 9.17) is 14.6 Å². The highest BCUT2D eigenvalue weighted by atomic mass is 16.5. The molecule has 0 bridgehead atoms. The Morgan fingerprint density at radius 2 is 1.77 bits per heavy atom. The van der Waals surface area contributed by atoms with Gasteiger partial charge in [0, 0.05) is 26.7 Å². The first kappa shape index (κ1) is 23.0. The van der Waals surface area contributed by atoms with Crippen molar-refractivity contribution in [3.05, 3.63) is 71.4 Å². The smallest absolute Gasteiger partial charge is 0.227 e. The number of aromatic nitrogens is 2. The van der Waals surface area contributed by atoms with Gasteiger partial charge < -0.3 is 14.6 Å². The first-order chi connectivity index (χ1) is 15.0. The number of hydrogen-bond donors (Lipinski definition) is 1. The van der Waals surface area contributed by atoms with Crippen LogP contribution in [0.3, 0.4) is 0 Å². The molecule has 0 unspecified atom stereocenters. The van der Waals surface area contributed by atoms with Crippen LogP contribution in [0.5, 0.6) is 11.6 Å². The summed E-state index contributed by atoms with van der Waals surface area (Å²) in [5.74, 6) is 1.46. The fraction of sp³-hybridized carbons (Fsp3) is 0.400. The summed E-state index contributed by atoms with van der Waals surface area (Å²) in [5, 5.41) is 15.1. The molecule has 0 amide bonds. The zero-order valence-electron chi connectivity index (χ0n) is 18.9. The summed E-state index contributed by atoms with van der Waals surface area (Å²) in [4.78, 5) is 2.19. The van der Waals surface area contributed by atoms with Gasteiger partial charge in [0.05, 0.1) is 29.7 Å². The highest BCUT2D eigenvalue weighted by Gasteiger charge is 2.22. The second-order valence-corrected chi connectivity index (χ2v) is 7.82. The van der Waals surface area contributed by atoms with Crippen LogP contribution < -0.4 is 4.74 Å². The van der Waals surface area contributed by atoms with Gasteiger partial charge in [0.2, 0.25) is 5.88 Å². The van der Waals surface area contributed by atoms with Crippen molar-refractivity contribution in [3.8, 4) is 17.3 Å². The van der Waals surface area contributed by atoms with Gasteiger partial charge in [0.1, 0.15) is 5.75 Å². The van der Waals surface area contributed by atoms with Gasteiger partial charge in [-0.2, -0.15) is 5.10 Å². The van der Waals surface area contributed by atoms with Crippen molar-refractivity contribution in [2.24, 2.45) is 0 Å². The topological polar surface area (TPSA) is 59.8 Å². The molecule has 0 aliphatic heterocycles. The molecule has 0 aliphatic carbocycles. The molecule has 0 spiro atoms. The number of para-hydroxylation sites is 1.